The molecule has 0 bridgehead atoms. The molecule has 1 amide bonds. The molecule has 1 N–H and O–H groups in total. The van der Waals surface area contributed by atoms with Crippen molar-refractivity contribution < 1.29 is 14.3 Å². The van der Waals surface area contributed by atoms with Crippen molar-refractivity contribution in [3.05, 3.63) is 95.2 Å². The highest BCUT2D eigenvalue weighted by atomic mass is 16.5. The lowest BCUT2D eigenvalue weighted by molar-refractivity contribution is 0.0323. The summed E-state index contributed by atoms with van der Waals surface area (Å²) in [6.07, 6.45) is 0.972. The number of amides is 1. The molecule has 0 radical (unpaired) electrons. The molecule has 0 unspecified atom stereocenters. The van der Waals surface area contributed by atoms with Crippen molar-refractivity contribution in [2.75, 3.05) is 56.2 Å². The van der Waals surface area contributed by atoms with Crippen molar-refractivity contribution in [3.8, 4) is 5.75 Å². The minimum absolute atomic E-state index is 0.148. The van der Waals surface area contributed by atoms with E-state index in [4.69, 9.17) is 14.5 Å². The first-order chi connectivity index (χ1) is 19.1. The van der Waals surface area contributed by atoms with Crippen LogP contribution in [0.3, 0.4) is 0 Å². The molecule has 3 aromatic carbocycles. The van der Waals surface area contributed by atoms with E-state index >= 15 is 0 Å². The Morgan fingerprint density at radius 2 is 1.72 bits per heavy atom. The molecule has 1 aromatic heterocycles. The average Bonchev–Trinajstić information content (AvgIpc) is 2.98. The van der Waals surface area contributed by atoms with Crippen LogP contribution in [-0.2, 0) is 17.7 Å². The van der Waals surface area contributed by atoms with Crippen LogP contribution in [0.2, 0.25) is 0 Å². The quantitative estimate of drug-likeness (QED) is 0.366. The maximum atomic E-state index is 13.5. The van der Waals surface area contributed by atoms with Crippen molar-refractivity contribution in [2.24, 2.45) is 0 Å². The Hall–Kier alpha value is -3.94. The number of fused-ring (bicyclic) bond motifs is 2. The topological polar surface area (TPSA) is 66.9 Å². The molecule has 200 valence electrons. The SMILES string of the molecule is Cc1cc(C(=O)Nc2ccc(OCCN3CCOCC3)c3ccccc23)cc(N2CCc3ccccc3C2)n1. The van der Waals surface area contributed by atoms with Crippen molar-refractivity contribution in [3.63, 3.8) is 0 Å². The van der Waals surface area contributed by atoms with Crippen LogP contribution in [0.1, 0.15) is 27.2 Å². The number of nitrogens with zero attached hydrogens (tertiary/aromatic N) is 3. The molecule has 2 aliphatic heterocycles. The van der Waals surface area contributed by atoms with E-state index in [1.165, 1.54) is 11.1 Å². The van der Waals surface area contributed by atoms with E-state index in [1.807, 2.05) is 55.5 Å². The molecular weight excluding hydrogens is 488 g/mol. The number of carbonyl (C=O) groups excluding carboxylic acids is 1. The number of aromatic nitrogens is 1. The molecule has 3 heterocycles. The largest absolute Gasteiger partial charge is 0.492 e. The lowest BCUT2D eigenvalue weighted by Crippen LogP contribution is -2.38. The van der Waals surface area contributed by atoms with E-state index in [9.17, 15) is 4.79 Å². The van der Waals surface area contributed by atoms with Gasteiger partial charge < -0.3 is 19.7 Å². The Kier molecular flexibility index (Phi) is 7.43. The highest BCUT2D eigenvalue weighted by molar-refractivity contribution is 6.10. The Morgan fingerprint density at radius 3 is 2.56 bits per heavy atom. The van der Waals surface area contributed by atoms with Crippen LogP contribution in [0.15, 0.2) is 72.8 Å². The first kappa shape index (κ1) is 25.3. The monoisotopic (exact) mass is 522 g/mol. The standard InChI is InChI=1S/C32H34N4O3/c1-23-20-26(21-31(33-23)36-13-12-24-6-2-3-7-25(24)22-36)32(37)34-29-10-11-30(28-9-5-4-8-27(28)29)39-19-16-35-14-17-38-18-15-35/h2-11,20-21H,12-19,22H2,1H3,(H,34,37). The van der Waals surface area contributed by atoms with Gasteiger partial charge in [-0.3, -0.25) is 9.69 Å². The van der Waals surface area contributed by atoms with Gasteiger partial charge in [-0.05, 0) is 48.7 Å². The van der Waals surface area contributed by atoms with Gasteiger partial charge in [0.05, 0.1) is 13.2 Å². The third kappa shape index (κ3) is 5.75. The number of aryl methyl sites for hydroxylation is 1. The number of rotatable bonds is 7. The molecular formula is C32H34N4O3. The van der Waals surface area contributed by atoms with E-state index < -0.39 is 0 Å². The predicted octanol–water partition coefficient (Wildman–Crippen LogP) is 5.07. The normalized spacial score (nSPS) is 15.7. The van der Waals surface area contributed by atoms with Gasteiger partial charge in [0.25, 0.3) is 5.91 Å². The van der Waals surface area contributed by atoms with Gasteiger partial charge in [-0.2, -0.15) is 0 Å². The molecule has 7 nitrogen and oxygen atoms in total. The maximum absolute atomic E-state index is 13.5. The van der Waals surface area contributed by atoms with Gasteiger partial charge in [-0.15, -0.1) is 0 Å². The number of ether oxygens (including phenoxy) is 2. The van der Waals surface area contributed by atoms with Crippen molar-refractivity contribution in [1.82, 2.24) is 9.88 Å². The molecule has 0 atom stereocenters. The fourth-order valence-electron chi connectivity index (χ4n) is 5.45. The van der Waals surface area contributed by atoms with Gasteiger partial charge in [0, 0.05) is 60.4 Å². The number of carbonyl (C=O) groups is 1. The molecule has 6 rings (SSSR count). The molecule has 1 saturated heterocycles. The second-order valence-corrected chi connectivity index (χ2v) is 10.2. The van der Waals surface area contributed by atoms with Crippen LogP contribution in [0, 0.1) is 6.92 Å². The first-order valence-electron chi connectivity index (χ1n) is 13.7. The number of hydrogen-bond acceptors (Lipinski definition) is 6. The number of pyridine rings is 1. The van der Waals surface area contributed by atoms with Crippen LogP contribution in [0.5, 0.6) is 5.75 Å². The van der Waals surface area contributed by atoms with Crippen LogP contribution in [-0.4, -0.2) is 61.8 Å². The van der Waals surface area contributed by atoms with Gasteiger partial charge in [0.2, 0.25) is 0 Å². The summed E-state index contributed by atoms with van der Waals surface area (Å²) >= 11 is 0. The zero-order valence-corrected chi connectivity index (χ0v) is 22.4. The highest BCUT2D eigenvalue weighted by Gasteiger charge is 2.20. The van der Waals surface area contributed by atoms with Gasteiger partial charge in [0.1, 0.15) is 18.2 Å². The van der Waals surface area contributed by atoms with E-state index in [2.05, 4.69) is 39.4 Å². The Balaban J connectivity index is 1.18. The van der Waals surface area contributed by atoms with E-state index in [0.717, 1.165) is 86.1 Å². The van der Waals surface area contributed by atoms with Gasteiger partial charge in [-0.1, -0.05) is 48.5 Å². The Morgan fingerprint density at radius 1 is 0.949 bits per heavy atom. The average molecular weight is 523 g/mol. The van der Waals surface area contributed by atoms with Crippen LogP contribution >= 0.6 is 0 Å². The fourth-order valence-corrected chi connectivity index (χ4v) is 5.45. The summed E-state index contributed by atoms with van der Waals surface area (Å²) in [5.41, 5.74) is 4.90. The lowest BCUT2D eigenvalue weighted by Gasteiger charge is -2.30. The molecule has 7 heteroatoms. The number of hydrogen-bond donors (Lipinski definition) is 1. The van der Waals surface area contributed by atoms with Crippen LogP contribution in [0.25, 0.3) is 10.8 Å². The smallest absolute Gasteiger partial charge is 0.255 e. The lowest BCUT2D eigenvalue weighted by atomic mass is 10.00. The number of nitrogens with one attached hydrogen (secondary N) is 1. The summed E-state index contributed by atoms with van der Waals surface area (Å²) in [6, 6.07) is 24.2. The van der Waals surface area contributed by atoms with Gasteiger partial charge in [-0.25, -0.2) is 4.98 Å². The number of morpholine rings is 1. The zero-order valence-electron chi connectivity index (χ0n) is 22.4. The van der Waals surface area contributed by atoms with Crippen molar-refractivity contribution in [2.45, 2.75) is 19.9 Å². The van der Waals surface area contributed by atoms with Crippen LogP contribution in [0.4, 0.5) is 11.5 Å². The summed E-state index contributed by atoms with van der Waals surface area (Å²) in [5.74, 6) is 1.51. The summed E-state index contributed by atoms with van der Waals surface area (Å²) in [7, 11) is 0. The zero-order chi connectivity index (χ0) is 26.6. The fraction of sp³-hybridized carbons (Fsp3) is 0.312. The molecule has 0 saturated carbocycles. The number of anilines is 2. The van der Waals surface area contributed by atoms with Crippen molar-refractivity contribution >= 4 is 28.2 Å². The number of benzene rings is 3. The minimum Gasteiger partial charge on any atom is -0.492 e. The Bertz CT molecular complexity index is 1480. The van der Waals surface area contributed by atoms with Crippen molar-refractivity contribution in [1.29, 1.82) is 0 Å². The molecule has 4 aromatic rings. The summed E-state index contributed by atoms with van der Waals surface area (Å²) in [4.78, 5) is 22.8. The second kappa shape index (κ2) is 11.4. The maximum Gasteiger partial charge on any atom is 0.255 e. The van der Waals surface area contributed by atoms with E-state index in [-0.39, 0.29) is 5.91 Å². The Labute approximate surface area is 229 Å². The third-order valence-electron chi connectivity index (χ3n) is 7.56. The summed E-state index contributed by atoms with van der Waals surface area (Å²) in [5, 5.41) is 5.08. The summed E-state index contributed by atoms with van der Waals surface area (Å²) in [6.45, 7) is 8.53. The molecule has 2 aliphatic rings. The van der Waals surface area contributed by atoms with E-state index in [0.29, 0.717) is 12.2 Å². The molecule has 0 aliphatic carbocycles. The molecule has 39 heavy (non-hydrogen) atoms. The van der Waals surface area contributed by atoms with Gasteiger partial charge >= 0.3 is 0 Å². The second-order valence-electron chi connectivity index (χ2n) is 10.2. The van der Waals surface area contributed by atoms with Gasteiger partial charge in [0.15, 0.2) is 0 Å². The summed E-state index contributed by atoms with van der Waals surface area (Å²) < 4.78 is 11.6. The van der Waals surface area contributed by atoms with E-state index in [1.54, 1.807) is 0 Å². The minimum atomic E-state index is -0.148. The molecule has 1 fully saturated rings. The predicted molar refractivity (Wildman–Crippen MR) is 155 cm³/mol. The molecule has 0 spiro atoms. The highest BCUT2D eigenvalue weighted by Crippen LogP contribution is 2.32. The van der Waals surface area contributed by atoms with Crippen LogP contribution < -0.4 is 15.0 Å². The third-order valence-corrected chi connectivity index (χ3v) is 7.56. The first-order valence-corrected chi connectivity index (χ1v) is 13.7.